The molecule has 2 rings (SSSR count). The normalized spacial score (nSPS) is 10.2. The van der Waals surface area contributed by atoms with Gasteiger partial charge in [0.25, 0.3) is 0 Å². The molecule has 0 aliphatic rings. The third kappa shape index (κ3) is 2.84. The lowest BCUT2D eigenvalue weighted by Gasteiger charge is -2.10. The van der Waals surface area contributed by atoms with Crippen molar-refractivity contribution in [2.24, 2.45) is 5.73 Å². The van der Waals surface area contributed by atoms with E-state index < -0.39 is 0 Å². The molecule has 17 heavy (non-hydrogen) atoms. The Morgan fingerprint density at radius 2 is 1.88 bits per heavy atom. The van der Waals surface area contributed by atoms with E-state index in [-0.39, 0.29) is 6.61 Å². The number of aliphatic hydroxyl groups excluding tert-OH is 1. The summed E-state index contributed by atoms with van der Waals surface area (Å²) in [6, 6.07) is 15.0. The molecule has 0 amide bonds. The second-order valence-electron chi connectivity index (χ2n) is 3.72. The number of ether oxygens (including phenoxy) is 1. The Morgan fingerprint density at radius 3 is 2.65 bits per heavy atom. The number of aliphatic hydroxyl groups is 1. The first-order chi connectivity index (χ1) is 8.33. The molecule has 0 atom stereocenters. The van der Waals surface area contributed by atoms with Crippen LogP contribution in [0, 0.1) is 0 Å². The Labute approximate surface area is 100 Å². The molecule has 3 N–H and O–H groups in total. The predicted octanol–water partition coefficient (Wildman–Crippen LogP) is 2.43. The average Bonchev–Trinajstić information content (AvgIpc) is 2.39. The molecule has 2 aromatic carbocycles. The van der Waals surface area contributed by atoms with Crippen molar-refractivity contribution in [3.05, 3.63) is 59.7 Å². The van der Waals surface area contributed by atoms with Crippen molar-refractivity contribution in [3.63, 3.8) is 0 Å². The molecular weight excluding hydrogens is 214 g/mol. The fourth-order valence-corrected chi connectivity index (χ4v) is 1.60. The van der Waals surface area contributed by atoms with Crippen LogP contribution < -0.4 is 10.5 Å². The maximum atomic E-state index is 9.20. The summed E-state index contributed by atoms with van der Waals surface area (Å²) in [6.07, 6.45) is 0. The van der Waals surface area contributed by atoms with Gasteiger partial charge in [0.2, 0.25) is 0 Å². The standard InChI is InChI=1S/C14H15NO2/c15-9-11-4-3-6-13(8-11)17-14-7-2-1-5-12(14)10-16/h1-8,16H,9-10,15H2. The van der Waals surface area contributed by atoms with Crippen LogP contribution in [0.1, 0.15) is 11.1 Å². The van der Waals surface area contributed by atoms with E-state index in [0.717, 1.165) is 16.9 Å². The molecule has 0 heterocycles. The van der Waals surface area contributed by atoms with Gasteiger partial charge in [-0.05, 0) is 23.8 Å². The molecule has 3 nitrogen and oxygen atoms in total. The van der Waals surface area contributed by atoms with Crippen LogP contribution in [-0.2, 0) is 13.2 Å². The molecule has 2 aromatic rings. The van der Waals surface area contributed by atoms with E-state index in [1.807, 2.05) is 48.5 Å². The van der Waals surface area contributed by atoms with Gasteiger partial charge < -0.3 is 15.6 Å². The van der Waals surface area contributed by atoms with Crippen molar-refractivity contribution in [2.75, 3.05) is 0 Å². The Balaban J connectivity index is 2.24. The highest BCUT2D eigenvalue weighted by Crippen LogP contribution is 2.25. The topological polar surface area (TPSA) is 55.5 Å². The van der Waals surface area contributed by atoms with Gasteiger partial charge in [0.15, 0.2) is 0 Å². The van der Waals surface area contributed by atoms with Crippen molar-refractivity contribution in [1.82, 2.24) is 0 Å². The van der Waals surface area contributed by atoms with E-state index in [0.29, 0.717) is 12.3 Å². The monoisotopic (exact) mass is 229 g/mol. The lowest BCUT2D eigenvalue weighted by atomic mass is 10.2. The summed E-state index contributed by atoms with van der Waals surface area (Å²) in [5, 5.41) is 9.20. The molecule has 0 bridgehead atoms. The summed E-state index contributed by atoms with van der Waals surface area (Å²) >= 11 is 0. The number of para-hydroxylation sites is 1. The van der Waals surface area contributed by atoms with Gasteiger partial charge in [-0.1, -0.05) is 30.3 Å². The highest BCUT2D eigenvalue weighted by atomic mass is 16.5. The summed E-state index contributed by atoms with van der Waals surface area (Å²) < 4.78 is 5.73. The van der Waals surface area contributed by atoms with E-state index in [9.17, 15) is 5.11 Å². The SMILES string of the molecule is NCc1cccc(Oc2ccccc2CO)c1. The van der Waals surface area contributed by atoms with Crippen molar-refractivity contribution in [1.29, 1.82) is 0 Å². The smallest absolute Gasteiger partial charge is 0.132 e. The summed E-state index contributed by atoms with van der Waals surface area (Å²) in [4.78, 5) is 0. The van der Waals surface area contributed by atoms with Crippen LogP contribution in [0.3, 0.4) is 0 Å². The van der Waals surface area contributed by atoms with Crippen LogP contribution >= 0.6 is 0 Å². The molecule has 0 radical (unpaired) electrons. The lowest BCUT2D eigenvalue weighted by Crippen LogP contribution is -1.96. The van der Waals surface area contributed by atoms with E-state index in [1.165, 1.54) is 0 Å². The third-order valence-corrected chi connectivity index (χ3v) is 2.50. The summed E-state index contributed by atoms with van der Waals surface area (Å²) in [7, 11) is 0. The number of nitrogens with two attached hydrogens (primary N) is 1. The Bertz CT molecular complexity index is 497. The minimum absolute atomic E-state index is 0.0350. The first-order valence-electron chi connectivity index (χ1n) is 5.49. The molecule has 0 aliphatic carbocycles. The van der Waals surface area contributed by atoms with Crippen molar-refractivity contribution in [3.8, 4) is 11.5 Å². The molecule has 0 aromatic heterocycles. The van der Waals surface area contributed by atoms with Crippen LogP contribution in [0.25, 0.3) is 0 Å². The zero-order chi connectivity index (χ0) is 12.1. The summed E-state index contributed by atoms with van der Waals surface area (Å²) in [5.74, 6) is 1.40. The average molecular weight is 229 g/mol. The summed E-state index contributed by atoms with van der Waals surface area (Å²) in [6.45, 7) is 0.450. The van der Waals surface area contributed by atoms with Gasteiger partial charge in [-0.25, -0.2) is 0 Å². The minimum Gasteiger partial charge on any atom is -0.457 e. The van der Waals surface area contributed by atoms with E-state index in [4.69, 9.17) is 10.5 Å². The zero-order valence-electron chi connectivity index (χ0n) is 9.47. The third-order valence-electron chi connectivity index (χ3n) is 2.50. The van der Waals surface area contributed by atoms with Gasteiger partial charge >= 0.3 is 0 Å². The van der Waals surface area contributed by atoms with Gasteiger partial charge in [0, 0.05) is 12.1 Å². The van der Waals surface area contributed by atoms with Gasteiger partial charge in [0.1, 0.15) is 11.5 Å². The fraction of sp³-hybridized carbons (Fsp3) is 0.143. The van der Waals surface area contributed by atoms with Crippen LogP contribution in [0.5, 0.6) is 11.5 Å². The van der Waals surface area contributed by atoms with Crippen LogP contribution in [0.15, 0.2) is 48.5 Å². The molecular formula is C14H15NO2. The van der Waals surface area contributed by atoms with E-state index in [2.05, 4.69) is 0 Å². The lowest BCUT2D eigenvalue weighted by molar-refractivity contribution is 0.276. The van der Waals surface area contributed by atoms with Gasteiger partial charge in [-0.15, -0.1) is 0 Å². The van der Waals surface area contributed by atoms with Crippen LogP contribution in [-0.4, -0.2) is 5.11 Å². The highest BCUT2D eigenvalue weighted by molar-refractivity contribution is 5.38. The van der Waals surface area contributed by atoms with Crippen molar-refractivity contribution >= 4 is 0 Å². The molecule has 0 unspecified atom stereocenters. The van der Waals surface area contributed by atoms with Crippen LogP contribution in [0.4, 0.5) is 0 Å². The van der Waals surface area contributed by atoms with Crippen LogP contribution in [0.2, 0.25) is 0 Å². The molecule has 0 spiro atoms. The van der Waals surface area contributed by atoms with Crippen molar-refractivity contribution in [2.45, 2.75) is 13.2 Å². The first-order valence-corrected chi connectivity index (χ1v) is 5.49. The number of hydrogen-bond acceptors (Lipinski definition) is 3. The highest BCUT2D eigenvalue weighted by Gasteiger charge is 2.03. The second kappa shape index (κ2) is 5.48. The fourth-order valence-electron chi connectivity index (χ4n) is 1.60. The Morgan fingerprint density at radius 1 is 1.06 bits per heavy atom. The Kier molecular flexibility index (Phi) is 3.75. The number of hydrogen-bond donors (Lipinski definition) is 2. The first kappa shape index (κ1) is 11.6. The number of rotatable bonds is 4. The summed E-state index contributed by atoms with van der Waals surface area (Å²) in [5.41, 5.74) is 7.36. The quantitative estimate of drug-likeness (QED) is 0.846. The molecule has 3 heteroatoms. The molecule has 88 valence electrons. The minimum atomic E-state index is -0.0350. The number of benzene rings is 2. The van der Waals surface area contributed by atoms with Gasteiger partial charge in [0.05, 0.1) is 6.61 Å². The van der Waals surface area contributed by atoms with E-state index in [1.54, 1.807) is 0 Å². The van der Waals surface area contributed by atoms with Gasteiger partial charge in [-0.3, -0.25) is 0 Å². The maximum absolute atomic E-state index is 9.20. The van der Waals surface area contributed by atoms with Gasteiger partial charge in [-0.2, -0.15) is 0 Å². The molecule has 0 fully saturated rings. The second-order valence-corrected chi connectivity index (χ2v) is 3.72. The van der Waals surface area contributed by atoms with E-state index >= 15 is 0 Å². The molecule has 0 aliphatic heterocycles. The molecule has 0 saturated heterocycles. The zero-order valence-corrected chi connectivity index (χ0v) is 9.47. The maximum Gasteiger partial charge on any atom is 0.132 e. The molecule has 0 saturated carbocycles. The Hall–Kier alpha value is -1.84. The predicted molar refractivity (Wildman–Crippen MR) is 66.8 cm³/mol. The van der Waals surface area contributed by atoms with Crippen molar-refractivity contribution < 1.29 is 9.84 Å². The largest absolute Gasteiger partial charge is 0.457 e.